The number of nitrogens with zero attached hydrogens (tertiary/aromatic N) is 4. The summed E-state index contributed by atoms with van der Waals surface area (Å²) in [6.45, 7) is 6.18. The van der Waals surface area contributed by atoms with Crippen LogP contribution < -0.4 is 0 Å². The van der Waals surface area contributed by atoms with E-state index in [1.54, 1.807) is 10.9 Å². The van der Waals surface area contributed by atoms with Crippen LogP contribution in [0.5, 0.6) is 0 Å². The van der Waals surface area contributed by atoms with E-state index in [4.69, 9.17) is 0 Å². The van der Waals surface area contributed by atoms with Gasteiger partial charge in [-0.3, -0.25) is 0 Å². The smallest absolute Gasteiger partial charge is 0.111 e. The van der Waals surface area contributed by atoms with Gasteiger partial charge in [-0.2, -0.15) is 0 Å². The first-order valence-corrected chi connectivity index (χ1v) is 7.53. The second kappa shape index (κ2) is 5.58. The number of para-hydroxylation sites is 1. The molecule has 5 nitrogen and oxygen atoms in total. The van der Waals surface area contributed by atoms with E-state index in [0.717, 1.165) is 24.5 Å². The van der Waals surface area contributed by atoms with Gasteiger partial charge in [-0.25, -0.2) is 4.68 Å². The van der Waals surface area contributed by atoms with Crippen LogP contribution in [-0.2, 0) is 5.60 Å². The van der Waals surface area contributed by atoms with Crippen LogP contribution in [0.1, 0.15) is 32.4 Å². The molecule has 3 rings (SSSR count). The SMILES string of the molecule is CC(C)N1CCC(O)(c2cnnn2-c2ccccc2)CC1. The number of hydrogen-bond donors (Lipinski definition) is 1. The highest BCUT2D eigenvalue weighted by atomic mass is 16.3. The largest absolute Gasteiger partial charge is 0.383 e. The Morgan fingerprint density at radius 2 is 1.81 bits per heavy atom. The van der Waals surface area contributed by atoms with Crippen molar-refractivity contribution in [2.24, 2.45) is 0 Å². The normalized spacial score (nSPS) is 19.0. The molecule has 2 heterocycles. The van der Waals surface area contributed by atoms with E-state index < -0.39 is 5.60 Å². The van der Waals surface area contributed by atoms with Crippen molar-refractivity contribution in [2.45, 2.75) is 38.3 Å². The molecule has 2 aromatic rings. The Morgan fingerprint density at radius 3 is 2.43 bits per heavy atom. The van der Waals surface area contributed by atoms with Gasteiger partial charge in [-0.1, -0.05) is 23.4 Å². The number of aromatic nitrogens is 3. The molecule has 0 bridgehead atoms. The van der Waals surface area contributed by atoms with Crippen molar-refractivity contribution in [3.63, 3.8) is 0 Å². The van der Waals surface area contributed by atoms with Crippen molar-refractivity contribution >= 4 is 0 Å². The molecule has 0 saturated carbocycles. The molecule has 1 fully saturated rings. The third-order valence-corrected chi connectivity index (χ3v) is 4.38. The summed E-state index contributed by atoms with van der Waals surface area (Å²) in [5, 5.41) is 19.2. The summed E-state index contributed by atoms with van der Waals surface area (Å²) in [7, 11) is 0. The van der Waals surface area contributed by atoms with Crippen LogP contribution in [0.25, 0.3) is 5.69 Å². The fourth-order valence-electron chi connectivity index (χ4n) is 2.98. The first kappa shape index (κ1) is 14.2. The molecule has 1 saturated heterocycles. The quantitative estimate of drug-likeness (QED) is 0.937. The minimum absolute atomic E-state index is 0.520. The average molecular weight is 286 g/mol. The Morgan fingerprint density at radius 1 is 1.14 bits per heavy atom. The van der Waals surface area contributed by atoms with Gasteiger partial charge in [0.25, 0.3) is 0 Å². The third-order valence-electron chi connectivity index (χ3n) is 4.38. The molecule has 1 aliphatic rings. The van der Waals surface area contributed by atoms with E-state index in [1.165, 1.54) is 0 Å². The van der Waals surface area contributed by atoms with Gasteiger partial charge in [0, 0.05) is 19.1 Å². The summed E-state index contributed by atoms with van der Waals surface area (Å²) in [5.41, 5.74) is 0.881. The van der Waals surface area contributed by atoms with Gasteiger partial charge in [0.1, 0.15) is 5.60 Å². The molecule has 5 heteroatoms. The maximum absolute atomic E-state index is 11.0. The molecular weight excluding hydrogens is 264 g/mol. The zero-order chi connectivity index (χ0) is 14.9. The highest BCUT2D eigenvalue weighted by Crippen LogP contribution is 2.33. The molecule has 112 valence electrons. The monoisotopic (exact) mass is 286 g/mol. The van der Waals surface area contributed by atoms with Crippen LogP contribution in [0.15, 0.2) is 36.5 Å². The molecule has 1 aromatic heterocycles. The molecule has 0 unspecified atom stereocenters. The van der Waals surface area contributed by atoms with E-state index in [9.17, 15) is 5.11 Å². The summed E-state index contributed by atoms with van der Waals surface area (Å²) in [6.07, 6.45) is 3.12. The highest BCUT2D eigenvalue weighted by molar-refractivity contribution is 5.33. The van der Waals surface area contributed by atoms with Crippen LogP contribution in [0.2, 0.25) is 0 Å². The summed E-state index contributed by atoms with van der Waals surface area (Å²) in [5.74, 6) is 0. The Labute approximate surface area is 125 Å². The van der Waals surface area contributed by atoms with E-state index >= 15 is 0 Å². The van der Waals surface area contributed by atoms with Crippen LogP contribution in [0, 0.1) is 0 Å². The van der Waals surface area contributed by atoms with Crippen LogP contribution in [-0.4, -0.2) is 44.1 Å². The Balaban J connectivity index is 1.87. The molecule has 1 aliphatic heterocycles. The predicted octanol–water partition coefficient (Wildman–Crippen LogP) is 1.96. The summed E-state index contributed by atoms with van der Waals surface area (Å²) in [4.78, 5) is 2.39. The van der Waals surface area contributed by atoms with E-state index in [1.807, 2.05) is 30.3 Å². The molecular formula is C16H22N4O. The molecule has 0 amide bonds. The van der Waals surface area contributed by atoms with Crippen molar-refractivity contribution in [3.8, 4) is 5.69 Å². The maximum atomic E-state index is 11.0. The van der Waals surface area contributed by atoms with Gasteiger partial charge in [-0.15, -0.1) is 5.10 Å². The second-order valence-electron chi connectivity index (χ2n) is 6.03. The van der Waals surface area contributed by atoms with Crippen LogP contribution in [0.3, 0.4) is 0 Å². The standard InChI is InChI=1S/C16H22N4O/c1-13(2)19-10-8-16(21,9-11-19)15-12-17-18-20(15)14-6-4-3-5-7-14/h3-7,12-13,21H,8-11H2,1-2H3. The zero-order valence-electron chi connectivity index (χ0n) is 12.6. The molecule has 0 aliphatic carbocycles. The lowest BCUT2D eigenvalue weighted by molar-refractivity contribution is -0.0372. The number of piperidine rings is 1. The number of benzene rings is 1. The Kier molecular flexibility index (Phi) is 3.78. The van der Waals surface area contributed by atoms with Gasteiger partial charge in [0.15, 0.2) is 0 Å². The number of rotatable bonds is 3. The minimum Gasteiger partial charge on any atom is -0.383 e. The topological polar surface area (TPSA) is 54.2 Å². The van der Waals surface area contributed by atoms with Gasteiger partial charge >= 0.3 is 0 Å². The highest BCUT2D eigenvalue weighted by Gasteiger charge is 2.37. The van der Waals surface area contributed by atoms with Crippen LogP contribution >= 0.6 is 0 Å². The van der Waals surface area contributed by atoms with Gasteiger partial charge in [0.2, 0.25) is 0 Å². The number of likely N-dealkylation sites (tertiary alicyclic amines) is 1. The fourth-order valence-corrected chi connectivity index (χ4v) is 2.98. The zero-order valence-corrected chi connectivity index (χ0v) is 12.6. The molecule has 1 N–H and O–H groups in total. The molecule has 0 radical (unpaired) electrons. The van der Waals surface area contributed by atoms with Crippen LogP contribution in [0.4, 0.5) is 0 Å². The third kappa shape index (κ3) is 2.71. The Hall–Kier alpha value is -1.72. The summed E-state index contributed by atoms with van der Waals surface area (Å²) < 4.78 is 1.75. The van der Waals surface area contributed by atoms with Crippen molar-refractivity contribution in [2.75, 3.05) is 13.1 Å². The number of aliphatic hydroxyl groups is 1. The first-order valence-electron chi connectivity index (χ1n) is 7.53. The summed E-state index contributed by atoms with van der Waals surface area (Å²) in [6, 6.07) is 10.4. The van der Waals surface area contributed by atoms with Gasteiger partial charge in [-0.05, 0) is 38.8 Å². The first-order chi connectivity index (χ1) is 10.1. The van der Waals surface area contributed by atoms with E-state index in [0.29, 0.717) is 18.9 Å². The molecule has 0 atom stereocenters. The lowest BCUT2D eigenvalue weighted by Crippen LogP contribution is -2.46. The lowest BCUT2D eigenvalue weighted by Gasteiger charge is -2.39. The minimum atomic E-state index is -0.843. The molecule has 0 spiro atoms. The molecule has 1 aromatic carbocycles. The lowest BCUT2D eigenvalue weighted by atomic mass is 9.88. The van der Waals surface area contributed by atoms with E-state index in [2.05, 4.69) is 29.1 Å². The number of hydrogen-bond acceptors (Lipinski definition) is 4. The van der Waals surface area contributed by atoms with Crippen molar-refractivity contribution in [1.29, 1.82) is 0 Å². The van der Waals surface area contributed by atoms with E-state index in [-0.39, 0.29) is 0 Å². The van der Waals surface area contributed by atoms with Gasteiger partial charge < -0.3 is 10.0 Å². The summed E-state index contributed by atoms with van der Waals surface area (Å²) >= 11 is 0. The van der Waals surface area contributed by atoms with Crippen molar-refractivity contribution in [1.82, 2.24) is 19.9 Å². The fraction of sp³-hybridized carbons (Fsp3) is 0.500. The van der Waals surface area contributed by atoms with Crippen molar-refractivity contribution in [3.05, 3.63) is 42.2 Å². The Bertz CT molecular complexity index is 585. The second-order valence-corrected chi connectivity index (χ2v) is 6.03. The van der Waals surface area contributed by atoms with Crippen molar-refractivity contribution < 1.29 is 5.11 Å². The van der Waals surface area contributed by atoms with Gasteiger partial charge in [0.05, 0.1) is 17.6 Å². The average Bonchev–Trinajstić information content (AvgIpc) is 2.99. The maximum Gasteiger partial charge on any atom is 0.111 e. The molecule has 21 heavy (non-hydrogen) atoms. The predicted molar refractivity (Wildman–Crippen MR) is 81.2 cm³/mol.